The topological polar surface area (TPSA) is 37.8 Å². The highest BCUT2D eigenvalue weighted by Gasteiger charge is 1.90. The lowest BCUT2D eigenvalue weighted by Gasteiger charge is -1.99. The zero-order valence-electron chi connectivity index (χ0n) is 7.26. The lowest BCUT2D eigenvalue weighted by Crippen LogP contribution is -2.01. The summed E-state index contributed by atoms with van der Waals surface area (Å²) in [5, 5.41) is 3.06. The van der Waals surface area contributed by atoms with Gasteiger partial charge in [0, 0.05) is 11.8 Å². The number of rotatable bonds is 2. The van der Waals surface area contributed by atoms with E-state index < -0.39 is 0 Å². The van der Waals surface area contributed by atoms with Crippen LogP contribution in [0.1, 0.15) is 12.6 Å². The lowest BCUT2D eigenvalue weighted by molar-refractivity contribution is 1.09. The number of nitrogens with zero attached hydrogens (tertiary/aromatic N) is 2. The molecule has 1 aromatic rings. The molecule has 1 heterocycles. The van der Waals surface area contributed by atoms with Crippen LogP contribution in [0, 0.1) is 18.8 Å². The van der Waals surface area contributed by atoms with Gasteiger partial charge in [-0.15, -0.1) is 5.92 Å². The molecule has 1 aromatic heterocycles. The standard InChI is InChI=1S/C9H11N3/c1-3-4-5-10-9-6-8(2)11-7-12-9/h6-7H,5H2,1-2H3,(H,10,11,12). The predicted molar refractivity (Wildman–Crippen MR) is 48.7 cm³/mol. The van der Waals surface area contributed by atoms with Gasteiger partial charge in [-0.3, -0.25) is 0 Å². The maximum absolute atomic E-state index is 4.02. The van der Waals surface area contributed by atoms with E-state index in [2.05, 4.69) is 27.1 Å². The fourth-order valence-electron chi connectivity index (χ4n) is 0.774. The van der Waals surface area contributed by atoms with Gasteiger partial charge < -0.3 is 5.32 Å². The third-order valence-electron chi connectivity index (χ3n) is 1.34. The SMILES string of the molecule is CC#CCNc1cc(C)ncn1. The van der Waals surface area contributed by atoms with Crippen molar-refractivity contribution in [3.63, 3.8) is 0 Å². The Morgan fingerprint density at radius 1 is 1.50 bits per heavy atom. The van der Waals surface area contributed by atoms with E-state index in [0.717, 1.165) is 11.5 Å². The van der Waals surface area contributed by atoms with Crippen LogP contribution in [0.4, 0.5) is 5.82 Å². The quantitative estimate of drug-likeness (QED) is 0.663. The largest absolute Gasteiger partial charge is 0.359 e. The average molecular weight is 161 g/mol. The summed E-state index contributed by atoms with van der Waals surface area (Å²) in [7, 11) is 0. The number of nitrogens with one attached hydrogen (secondary N) is 1. The Hall–Kier alpha value is -1.56. The number of aryl methyl sites for hydroxylation is 1. The van der Waals surface area contributed by atoms with Crippen molar-refractivity contribution in [2.75, 3.05) is 11.9 Å². The van der Waals surface area contributed by atoms with Gasteiger partial charge in [0.05, 0.1) is 6.54 Å². The molecule has 0 aliphatic carbocycles. The van der Waals surface area contributed by atoms with E-state index >= 15 is 0 Å². The minimum Gasteiger partial charge on any atom is -0.359 e. The molecule has 0 aromatic carbocycles. The second-order valence-corrected chi connectivity index (χ2v) is 2.32. The summed E-state index contributed by atoms with van der Waals surface area (Å²) in [5.41, 5.74) is 0.956. The first-order chi connectivity index (χ1) is 5.83. The van der Waals surface area contributed by atoms with Crippen LogP contribution in [0.3, 0.4) is 0 Å². The van der Waals surface area contributed by atoms with Crippen molar-refractivity contribution in [2.24, 2.45) is 0 Å². The molecule has 0 spiro atoms. The van der Waals surface area contributed by atoms with E-state index in [1.165, 1.54) is 6.33 Å². The Bertz CT molecular complexity index is 309. The molecule has 3 heteroatoms. The molecule has 0 aliphatic rings. The number of hydrogen-bond acceptors (Lipinski definition) is 3. The first-order valence-electron chi connectivity index (χ1n) is 3.75. The van der Waals surface area contributed by atoms with Crippen LogP contribution in [0.15, 0.2) is 12.4 Å². The smallest absolute Gasteiger partial charge is 0.130 e. The molecule has 0 unspecified atom stereocenters. The van der Waals surface area contributed by atoms with Gasteiger partial charge in [-0.2, -0.15) is 0 Å². The van der Waals surface area contributed by atoms with E-state index in [0.29, 0.717) is 6.54 Å². The number of hydrogen-bond donors (Lipinski definition) is 1. The molecule has 12 heavy (non-hydrogen) atoms. The molecule has 0 amide bonds. The van der Waals surface area contributed by atoms with Crippen LogP contribution >= 0.6 is 0 Å². The summed E-state index contributed by atoms with van der Waals surface area (Å²) in [6, 6.07) is 1.89. The molecule has 0 radical (unpaired) electrons. The van der Waals surface area contributed by atoms with Crippen molar-refractivity contribution in [2.45, 2.75) is 13.8 Å². The molecule has 0 saturated carbocycles. The molecule has 3 nitrogen and oxygen atoms in total. The summed E-state index contributed by atoms with van der Waals surface area (Å²) in [6.45, 7) is 4.37. The van der Waals surface area contributed by atoms with Crippen LogP contribution in [0.5, 0.6) is 0 Å². The van der Waals surface area contributed by atoms with E-state index in [-0.39, 0.29) is 0 Å². The van der Waals surface area contributed by atoms with Gasteiger partial charge in [0.1, 0.15) is 12.1 Å². The highest BCUT2D eigenvalue weighted by atomic mass is 15.0. The van der Waals surface area contributed by atoms with Crippen molar-refractivity contribution in [1.82, 2.24) is 9.97 Å². The fraction of sp³-hybridized carbons (Fsp3) is 0.333. The Balaban J connectivity index is 2.55. The van der Waals surface area contributed by atoms with E-state index in [4.69, 9.17) is 0 Å². The monoisotopic (exact) mass is 161 g/mol. The summed E-state index contributed by atoms with van der Waals surface area (Å²) in [5.74, 6) is 6.52. The van der Waals surface area contributed by atoms with Crippen LogP contribution in [-0.2, 0) is 0 Å². The highest BCUT2D eigenvalue weighted by molar-refractivity contribution is 5.35. The third kappa shape index (κ3) is 2.59. The van der Waals surface area contributed by atoms with Crippen molar-refractivity contribution in [3.05, 3.63) is 18.1 Å². The van der Waals surface area contributed by atoms with E-state index in [9.17, 15) is 0 Å². The van der Waals surface area contributed by atoms with Crippen LogP contribution in [0.25, 0.3) is 0 Å². The Labute approximate surface area is 72.2 Å². The molecule has 1 N–H and O–H groups in total. The van der Waals surface area contributed by atoms with Gasteiger partial charge in [0.15, 0.2) is 0 Å². The molecule has 0 fully saturated rings. The molecule has 1 rings (SSSR count). The maximum Gasteiger partial charge on any atom is 0.130 e. The van der Waals surface area contributed by atoms with Gasteiger partial charge >= 0.3 is 0 Å². The summed E-state index contributed by atoms with van der Waals surface area (Å²) in [6.07, 6.45) is 1.54. The van der Waals surface area contributed by atoms with E-state index in [1.807, 2.05) is 19.9 Å². The van der Waals surface area contributed by atoms with Crippen LogP contribution in [0.2, 0.25) is 0 Å². The predicted octanol–water partition coefficient (Wildman–Crippen LogP) is 1.22. The van der Waals surface area contributed by atoms with Crippen molar-refractivity contribution < 1.29 is 0 Å². The van der Waals surface area contributed by atoms with Gasteiger partial charge in [-0.25, -0.2) is 9.97 Å². The van der Waals surface area contributed by atoms with Crippen molar-refractivity contribution in [1.29, 1.82) is 0 Å². The summed E-state index contributed by atoms with van der Waals surface area (Å²) < 4.78 is 0. The van der Waals surface area contributed by atoms with Crippen LogP contribution in [-0.4, -0.2) is 16.5 Å². The average Bonchev–Trinajstić information content (AvgIpc) is 2.05. The van der Waals surface area contributed by atoms with Crippen molar-refractivity contribution >= 4 is 5.82 Å². The fourth-order valence-corrected chi connectivity index (χ4v) is 0.774. The van der Waals surface area contributed by atoms with Crippen molar-refractivity contribution in [3.8, 4) is 11.8 Å². The molecular weight excluding hydrogens is 150 g/mol. The summed E-state index contributed by atoms with van der Waals surface area (Å²) in [4.78, 5) is 8.00. The minimum absolute atomic E-state index is 0.632. The number of aromatic nitrogens is 2. The first kappa shape index (κ1) is 8.54. The minimum atomic E-state index is 0.632. The van der Waals surface area contributed by atoms with Gasteiger partial charge in [-0.1, -0.05) is 5.92 Å². The molecule has 0 atom stereocenters. The third-order valence-corrected chi connectivity index (χ3v) is 1.34. The Morgan fingerprint density at radius 3 is 3.00 bits per heavy atom. The molecule has 0 aliphatic heterocycles. The number of anilines is 1. The van der Waals surface area contributed by atoms with Gasteiger partial charge in [0.2, 0.25) is 0 Å². The van der Waals surface area contributed by atoms with Crippen LogP contribution < -0.4 is 5.32 Å². The van der Waals surface area contributed by atoms with E-state index in [1.54, 1.807) is 0 Å². The van der Waals surface area contributed by atoms with Gasteiger partial charge in [-0.05, 0) is 13.8 Å². The maximum atomic E-state index is 4.02. The normalized spacial score (nSPS) is 8.50. The zero-order valence-corrected chi connectivity index (χ0v) is 7.26. The molecular formula is C9H11N3. The molecule has 62 valence electrons. The lowest BCUT2D eigenvalue weighted by atomic mass is 10.4. The zero-order chi connectivity index (χ0) is 8.81. The highest BCUT2D eigenvalue weighted by Crippen LogP contribution is 2.00. The molecule has 0 bridgehead atoms. The van der Waals surface area contributed by atoms with Gasteiger partial charge in [0.25, 0.3) is 0 Å². The first-order valence-corrected chi connectivity index (χ1v) is 3.75. The summed E-state index contributed by atoms with van der Waals surface area (Å²) >= 11 is 0. The Kier molecular flexibility index (Phi) is 3.09. The molecule has 0 saturated heterocycles. The second-order valence-electron chi connectivity index (χ2n) is 2.32. The Morgan fingerprint density at radius 2 is 2.33 bits per heavy atom. The second kappa shape index (κ2) is 4.35.